The van der Waals surface area contributed by atoms with Crippen LogP contribution in [-0.4, -0.2) is 40.7 Å². The molecule has 1 aliphatic heterocycles. The summed E-state index contributed by atoms with van der Waals surface area (Å²) in [6, 6.07) is 0.636. The number of piperidine rings is 1. The van der Waals surface area contributed by atoms with Crippen molar-refractivity contribution in [3.8, 4) is 0 Å². The zero-order valence-electron chi connectivity index (χ0n) is 11.8. The summed E-state index contributed by atoms with van der Waals surface area (Å²) in [6.07, 6.45) is 5.58. The van der Waals surface area contributed by atoms with Crippen molar-refractivity contribution in [1.82, 2.24) is 20.3 Å². The lowest BCUT2D eigenvalue weighted by Crippen LogP contribution is -2.42. The molecule has 0 aliphatic carbocycles. The lowest BCUT2D eigenvalue weighted by Gasteiger charge is -2.35. The quantitative estimate of drug-likeness (QED) is 0.859. The summed E-state index contributed by atoms with van der Waals surface area (Å²) >= 11 is 0. The standard InChI is InChI=1S/C13H25N5/c1-4-7-14-11(2)12-5-8-18(9-6-12)13-10-15-16-17(13)3/h10-12,14H,4-9H2,1-3H3. The molecule has 1 unspecified atom stereocenters. The number of hydrogen-bond acceptors (Lipinski definition) is 4. The van der Waals surface area contributed by atoms with Gasteiger partial charge in [-0.2, -0.15) is 0 Å². The third-order valence-electron chi connectivity index (χ3n) is 3.98. The normalized spacial score (nSPS) is 19.2. The Morgan fingerprint density at radius 3 is 2.72 bits per heavy atom. The first-order valence-corrected chi connectivity index (χ1v) is 7.05. The number of nitrogens with zero attached hydrogens (tertiary/aromatic N) is 4. The molecule has 5 heteroatoms. The molecule has 5 nitrogen and oxygen atoms in total. The molecule has 18 heavy (non-hydrogen) atoms. The van der Waals surface area contributed by atoms with Crippen LogP contribution >= 0.6 is 0 Å². The van der Waals surface area contributed by atoms with Gasteiger partial charge in [-0.3, -0.25) is 0 Å². The Morgan fingerprint density at radius 1 is 1.44 bits per heavy atom. The fourth-order valence-corrected chi connectivity index (χ4v) is 2.74. The van der Waals surface area contributed by atoms with Gasteiger partial charge in [-0.25, -0.2) is 4.68 Å². The van der Waals surface area contributed by atoms with Crippen molar-refractivity contribution >= 4 is 5.82 Å². The topological polar surface area (TPSA) is 46.0 Å². The lowest BCUT2D eigenvalue weighted by atomic mass is 9.90. The summed E-state index contributed by atoms with van der Waals surface area (Å²) in [6.45, 7) is 7.90. The largest absolute Gasteiger partial charge is 0.355 e. The zero-order chi connectivity index (χ0) is 13.0. The Morgan fingerprint density at radius 2 is 2.17 bits per heavy atom. The molecule has 102 valence electrons. The Labute approximate surface area is 110 Å². The van der Waals surface area contributed by atoms with Crippen LogP contribution in [-0.2, 0) is 7.05 Å². The molecular formula is C13H25N5. The molecule has 0 spiro atoms. The van der Waals surface area contributed by atoms with Gasteiger partial charge >= 0.3 is 0 Å². The maximum Gasteiger partial charge on any atom is 0.147 e. The first-order valence-electron chi connectivity index (χ1n) is 7.05. The van der Waals surface area contributed by atoms with Gasteiger partial charge in [0.25, 0.3) is 0 Å². The van der Waals surface area contributed by atoms with Crippen LogP contribution in [0, 0.1) is 5.92 Å². The molecule has 1 atom stereocenters. The second-order valence-electron chi connectivity index (χ2n) is 5.28. The minimum Gasteiger partial charge on any atom is -0.355 e. The number of hydrogen-bond donors (Lipinski definition) is 1. The molecule has 0 aromatic carbocycles. The average Bonchev–Trinajstić information content (AvgIpc) is 2.82. The molecule has 0 saturated carbocycles. The van der Waals surface area contributed by atoms with Gasteiger partial charge in [-0.05, 0) is 38.6 Å². The van der Waals surface area contributed by atoms with E-state index in [1.165, 1.54) is 19.3 Å². The lowest BCUT2D eigenvalue weighted by molar-refractivity contribution is 0.310. The molecular weight excluding hydrogens is 226 g/mol. The first-order chi connectivity index (χ1) is 8.72. The van der Waals surface area contributed by atoms with Gasteiger partial charge in [0.1, 0.15) is 5.82 Å². The molecule has 1 N–H and O–H groups in total. The summed E-state index contributed by atoms with van der Waals surface area (Å²) in [4.78, 5) is 2.39. The van der Waals surface area contributed by atoms with Crippen LogP contribution in [0.15, 0.2) is 6.20 Å². The summed E-state index contributed by atoms with van der Waals surface area (Å²) in [5.74, 6) is 1.94. The number of nitrogens with one attached hydrogen (secondary N) is 1. The van der Waals surface area contributed by atoms with E-state index in [4.69, 9.17) is 0 Å². The highest BCUT2D eigenvalue weighted by atomic mass is 15.5. The van der Waals surface area contributed by atoms with Crippen LogP contribution in [0.2, 0.25) is 0 Å². The molecule has 2 heterocycles. The summed E-state index contributed by atoms with van der Waals surface area (Å²) in [5, 5.41) is 11.6. The third kappa shape index (κ3) is 3.02. The molecule has 1 saturated heterocycles. The monoisotopic (exact) mass is 251 g/mol. The van der Waals surface area contributed by atoms with E-state index in [1.54, 1.807) is 0 Å². The highest BCUT2D eigenvalue weighted by Crippen LogP contribution is 2.24. The second-order valence-corrected chi connectivity index (χ2v) is 5.28. The number of aryl methyl sites for hydroxylation is 1. The third-order valence-corrected chi connectivity index (χ3v) is 3.98. The fraction of sp³-hybridized carbons (Fsp3) is 0.846. The van der Waals surface area contributed by atoms with E-state index in [0.717, 1.165) is 31.4 Å². The van der Waals surface area contributed by atoms with Crippen molar-refractivity contribution in [3.05, 3.63) is 6.20 Å². The van der Waals surface area contributed by atoms with Gasteiger partial charge < -0.3 is 10.2 Å². The molecule has 0 amide bonds. The van der Waals surface area contributed by atoms with Crippen LogP contribution in [0.3, 0.4) is 0 Å². The second kappa shape index (κ2) is 6.18. The molecule has 1 aliphatic rings. The van der Waals surface area contributed by atoms with Gasteiger partial charge in [0, 0.05) is 26.2 Å². The first kappa shape index (κ1) is 13.3. The van der Waals surface area contributed by atoms with Gasteiger partial charge in [0.2, 0.25) is 0 Å². The Balaban J connectivity index is 1.83. The summed E-state index contributed by atoms with van der Waals surface area (Å²) < 4.78 is 1.86. The van der Waals surface area contributed by atoms with Crippen LogP contribution < -0.4 is 10.2 Å². The van der Waals surface area contributed by atoms with Gasteiger partial charge in [0.05, 0.1) is 6.20 Å². The summed E-state index contributed by atoms with van der Waals surface area (Å²) in [5.41, 5.74) is 0. The van der Waals surface area contributed by atoms with E-state index in [9.17, 15) is 0 Å². The van der Waals surface area contributed by atoms with E-state index in [1.807, 2.05) is 17.9 Å². The van der Waals surface area contributed by atoms with E-state index < -0.39 is 0 Å². The van der Waals surface area contributed by atoms with Crippen molar-refractivity contribution in [2.24, 2.45) is 13.0 Å². The number of anilines is 1. The minimum atomic E-state index is 0.636. The van der Waals surface area contributed by atoms with Crippen LogP contribution in [0.1, 0.15) is 33.1 Å². The number of aromatic nitrogens is 3. The number of rotatable bonds is 5. The van der Waals surface area contributed by atoms with Gasteiger partial charge in [-0.15, -0.1) is 5.10 Å². The Hall–Kier alpha value is -1.10. The minimum absolute atomic E-state index is 0.636. The van der Waals surface area contributed by atoms with Crippen molar-refractivity contribution < 1.29 is 0 Å². The van der Waals surface area contributed by atoms with Gasteiger partial charge in [-0.1, -0.05) is 12.1 Å². The van der Waals surface area contributed by atoms with Crippen LogP contribution in [0.25, 0.3) is 0 Å². The van der Waals surface area contributed by atoms with Crippen molar-refractivity contribution in [1.29, 1.82) is 0 Å². The molecule has 0 radical (unpaired) electrons. The maximum absolute atomic E-state index is 4.00. The predicted molar refractivity (Wildman–Crippen MR) is 73.7 cm³/mol. The highest BCUT2D eigenvalue weighted by molar-refractivity contribution is 5.36. The highest BCUT2D eigenvalue weighted by Gasteiger charge is 2.24. The SMILES string of the molecule is CCCNC(C)C1CCN(c2cnnn2C)CC1. The van der Waals surface area contributed by atoms with Crippen LogP contribution in [0.5, 0.6) is 0 Å². The zero-order valence-corrected chi connectivity index (χ0v) is 11.8. The van der Waals surface area contributed by atoms with Crippen molar-refractivity contribution in [2.45, 2.75) is 39.2 Å². The Kier molecular flexibility index (Phi) is 4.58. The molecule has 1 fully saturated rings. The van der Waals surface area contributed by atoms with Crippen molar-refractivity contribution in [3.63, 3.8) is 0 Å². The van der Waals surface area contributed by atoms with E-state index in [2.05, 4.69) is 34.4 Å². The average molecular weight is 251 g/mol. The smallest absolute Gasteiger partial charge is 0.147 e. The maximum atomic E-state index is 4.00. The predicted octanol–water partition coefficient (Wildman–Crippen LogP) is 1.42. The molecule has 1 aromatic heterocycles. The van der Waals surface area contributed by atoms with Crippen LogP contribution in [0.4, 0.5) is 5.82 Å². The van der Waals surface area contributed by atoms with E-state index >= 15 is 0 Å². The fourth-order valence-electron chi connectivity index (χ4n) is 2.74. The van der Waals surface area contributed by atoms with Gasteiger partial charge in [0.15, 0.2) is 0 Å². The Bertz CT molecular complexity index is 354. The molecule has 1 aromatic rings. The molecule has 0 bridgehead atoms. The molecule has 2 rings (SSSR count). The van der Waals surface area contributed by atoms with E-state index in [-0.39, 0.29) is 0 Å². The van der Waals surface area contributed by atoms with E-state index in [0.29, 0.717) is 6.04 Å². The van der Waals surface area contributed by atoms with Crippen molar-refractivity contribution in [2.75, 3.05) is 24.5 Å². The summed E-state index contributed by atoms with van der Waals surface area (Å²) in [7, 11) is 1.96.